The van der Waals surface area contributed by atoms with E-state index in [9.17, 15) is 9.59 Å². The van der Waals surface area contributed by atoms with E-state index in [4.69, 9.17) is 4.74 Å². The molecule has 0 radical (unpaired) electrons. The van der Waals surface area contributed by atoms with E-state index in [2.05, 4.69) is 17.4 Å². The van der Waals surface area contributed by atoms with E-state index < -0.39 is 11.1 Å². The number of rotatable bonds is 2. The molecule has 2 aromatic rings. The number of amides is 2. The molecule has 3 aliphatic rings. The number of para-hydroxylation sites is 1. The molecule has 5 nitrogen and oxygen atoms in total. The van der Waals surface area contributed by atoms with Crippen LogP contribution < -0.4 is 10.1 Å². The van der Waals surface area contributed by atoms with Gasteiger partial charge in [-0.3, -0.25) is 9.59 Å². The van der Waals surface area contributed by atoms with Crippen LogP contribution in [-0.4, -0.2) is 35.5 Å². The molecule has 150 valence electrons. The maximum absolute atomic E-state index is 13.7. The van der Waals surface area contributed by atoms with Gasteiger partial charge in [0.05, 0.1) is 11.0 Å². The van der Waals surface area contributed by atoms with Gasteiger partial charge in [-0.15, -0.1) is 0 Å². The minimum absolute atomic E-state index is 0.0943. The number of piperidine rings is 1. The number of hydrogen-bond acceptors (Lipinski definition) is 3. The van der Waals surface area contributed by atoms with E-state index >= 15 is 0 Å². The Bertz CT molecular complexity index is 926. The van der Waals surface area contributed by atoms with Gasteiger partial charge in [-0.1, -0.05) is 55.3 Å². The molecule has 2 heterocycles. The van der Waals surface area contributed by atoms with Crippen LogP contribution in [0.25, 0.3) is 0 Å². The van der Waals surface area contributed by atoms with Crippen LogP contribution in [0.4, 0.5) is 0 Å². The maximum atomic E-state index is 13.7. The SMILES string of the molecule is O=C1NC2(CCN(C(=O)C3(c4ccccc4)CCCC3)CC2)Oc2ccccc21. The zero-order valence-electron chi connectivity index (χ0n) is 16.5. The van der Waals surface area contributed by atoms with Gasteiger partial charge in [0.15, 0.2) is 5.72 Å². The smallest absolute Gasteiger partial charge is 0.258 e. The first-order valence-electron chi connectivity index (χ1n) is 10.6. The first-order chi connectivity index (χ1) is 14.1. The van der Waals surface area contributed by atoms with E-state index in [1.54, 1.807) is 6.07 Å². The molecule has 29 heavy (non-hydrogen) atoms. The monoisotopic (exact) mass is 390 g/mol. The third kappa shape index (κ3) is 3.00. The molecule has 2 aromatic carbocycles. The first-order valence-corrected chi connectivity index (χ1v) is 10.6. The third-order valence-corrected chi connectivity index (χ3v) is 6.83. The Morgan fingerprint density at radius 2 is 1.55 bits per heavy atom. The van der Waals surface area contributed by atoms with E-state index in [-0.39, 0.29) is 11.8 Å². The summed E-state index contributed by atoms with van der Waals surface area (Å²) in [5, 5.41) is 3.06. The number of hydrogen-bond donors (Lipinski definition) is 1. The molecule has 0 bridgehead atoms. The van der Waals surface area contributed by atoms with Crippen LogP contribution in [0.3, 0.4) is 0 Å². The van der Waals surface area contributed by atoms with Gasteiger partial charge in [-0.05, 0) is 30.5 Å². The second kappa shape index (κ2) is 6.90. The van der Waals surface area contributed by atoms with Crippen molar-refractivity contribution in [2.45, 2.75) is 49.7 Å². The summed E-state index contributed by atoms with van der Waals surface area (Å²) >= 11 is 0. The molecule has 5 heteroatoms. The fourth-order valence-corrected chi connectivity index (χ4v) is 5.22. The average molecular weight is 390 g/mol. The highest BCUT2D eigenvalue weighted by Crippen LogP contribution is 2.43. The lowest BCUT2D eigenvalue weighted by Gasteiger charge is -2.46. The molecule has 1 N–H and O–H groups in total. The molecule has 1 aliphatic carbocycles. The van der Waals surface area contributed by atoms with Gasteiger partial charge in [-0.2, -0.15) is 0 Å². The Hall–Kier alpha value is -2.82. The second-order valence-electron chi connectivity index (χ2n) is 8.49. The molecular weight excluding hydrogens is 364 g/mol. The number of carbonyl (C=O) groups is 2. The minimum atomic E-state index is -0.711. The molecule has 5 rings (SSSR count). The zero-order valence-corrected chi connectivity index (χ0v) is 16.5. The normalized spacial score (nSPS) is 21.9. The van der Waals surface area contributed by atoms with Crippen molar-refractivity contribution >= 4 is 11.8 Å². The quantitative estimate of drug-likeness (QED) is 0.852. The summed E-state index contributed by atoms with van der Waals surface area (Å²) < 4.78 is 6.22. The summed E-state index contributed by atoms with van der Waals surface area (Å²) in [6.07, 6.45) is 5.21. The molecule has 1 spiro atoms. The van der Waals surface area contributed by atoms with Gasteiger partial charge >= 0.3 is 0 Å². The van der Waals surface area contributed by atoms with Crippen molar-refractivity contribution < 1.29 is 14.3 Å². The maximum Gasteiger partial charge on any atom is 0.258 e. The number of nitrogens with zero attached hydrogens (tertiary/aromatic N) is 1. The van der Waals surface area contributed by atoms with Gasteiger partial charge in [-0.25, -0.2) is 0 Å². The Morgan fingerprint density at radius 3 is 2.28 bits per heavy atom. The Morgan fingerprint density at radius 1 is 0.897 bits per heavy atom. The lowest BCUT2D eigenvalue weighted by molar-refractivity contribution is -0.141. The van der Waals surface area contributed by atoms with Crippen LogP contribution in [0.2, 0.25) is 0 Å². The summed E-state index contributed by atoms with van der Waals surface area (Å²) in [5.74, 6) is 0.773. The summed E-state index contributed by atoms with van der Waals surface area (Å²) in [7, 11) is 0. The number of fused-ring (bicyclic) bond motifs is 1. The highest BCUT2D eigenvalue weighted by molar-refractivity contribution is 5.98. The number of carbonyl (C=O) groups excluding carboxylic acids is 2. The first kappa shape index (κ1) is 18.2. The zero-order chi connectivity index (χ0) is 19.9. The molecular formula is C24H26N2O3. The molecule has 0 aromatic heterocycles. The largest absolute Gasteiger partial charge is 0.467 e. The fraction of sp³-hybridized carbons (Fsp3) is 0.417. The van der Waals surface area contributed by atoms with Gasteiger partial charge in [0.25, 0.3) is 5.91 Å². The van der Waals surface area contributed by atoms with Crippen molar-refractivity contribution in [2.75, 3.05) is 13.1 Å². The second-order valence-corrected chi connectivity index (χ2v) is 8.49. The van der Waals surface area contributed by atoms with Crippen molar-refractivity contribution in [3.8, 4) is 5.75 Å². The molecule has 2 amide bonds. The Balaban J connectivity index is 1.34. The highest BCUT2D eigenvalue weighted by atomic mass is 16.5. The molecule has 1 saturated heterocycles. The average Bonchev–Trinajstić information content (AvgIpc) is 3.26. The third-order valence-electron chi connectivity index (χ3n) is 6.83. The van der Waals surface area contributed by atoms with E-state index in [0.717, 1.165) is 31.2 Å². The number of ether oxygens (including phenoxy) is 1. The topological polar surface area (TPSA) is 58.6 Å². The standard InChI is InChI=1S/C24H26N2O3/c27-21-19-10-4-5-11-20(19)29-24(25-21)14-16-26(17-15-24)22(28)23(12-6-7-13-23)18-8-2-1-3-9-18/h1-5,8-11H,6-7,12-17H2,(H,25,27). The van der Waals surface area contributed by atoms with Crippen LogP contribution in [0.1, 0.15) is 54.4 Å². The molecule has 0 unspecified atom stereocenters. The van der Waals surface area contributed by atoms with Crippen LogP contribution >= 0.6 is 0 Å². The van der Waals surface area contributed by atoms with Gasteiger partial charge in [0.2, 0.25) is 5.91 Å². The van der Waals surface area contributed by atoms with Gasteiger partial charge < -0.3 is 15.0 Å². The molecule has 1 saturated carbocycles. The number of likely N-dealkylation sites (tertiary alicyclic amines) is 1. The van der Waals surface area contributed by atoms with Crippen molar-refractivity contribution in [1.29, 1.82) is 0 Å². The van der Waals surface area contributed by atoms with E-state index in [1.165, 1.54) is 0 Å². The summed E-state index contributed by atoms with van der Waals surface area (Å²) in [6.45, 7) is 1.19. The summed E-state index contributed by atoms with van der Waals surface area (Å²) in [5.41, 5.74) is 0.608. The highest BCUT2D eigenvalue weighted by Gasteiger charge is 2.48. The van der Waals surface area contributed by atoms with E-state index in [1.807, 2.05) is 41.3 Å². The fourth-order valence-electron chi connectivity index (χ4n) is 5.22. The van der Waals surface area contributed by atoms with E-state index in [0.29, 0.717) is 37.2 Å². The molecule has 2 aliphatic heterocycles. The van der Waals surface area contributed by atoms with Crippen LogP contribution in [0, 0.1) is 0 Å². The van der Waals surface area contributed by atoms with Gasteiger partial charge in [0, 0.05) is 25.9 Å². The summed E-state index contributed by atoms with van der Waals surface area (Å²) in [4.78, 5) is 28.2. The number of nitrogens with one attached hydrogen (secondary N) is 1. The van der Waals surface area contributed by atoms with Crippen molar-refractivity contribution in [3.05, 3.63) is 65.7 Å². The van der Waals surface area contributed by atoms with Crippen molar-refractivity contribution in [1.82, 2.24) is 10.2 Å². The van der Waals surface area contributed by atoms with Crippen LogP contribution in [0.5, 0.6) is 5.75 Å². The van der Waals surface area contributed by atoms with Crippen LogP contribution in [-0.2, 0) is 10.2 Å². The Labute approximate surface area is 171 Å². The molecule has 0 atom stereocenters. The predicted molar refractivity (Wildman–Crippen MR) is 110 cm³/mol. The van der Waals surface area contributed by atoms with Crippen LogP contribution in [0.15, 0.2) is 54.6 Å². The lowest BCUT2D eigenvalue weighted by Crippen LogP contribution is -2.62. The Kier molecular flexibility index (Phi) is 4.34. The van der Waals surface area contributed by atoms with Crippen molar-refractivity contribution in [2.24, 2.45) is 0 Å². The lowest BCUT2D eigenvalue weighted by atomic mass is 9.77. The predicted octanol–water partition coefficient (Wildman–Crippen LogP) is 3.64. The summed E-state index contributed by atoms with van der Waals surface area (Å²) in [6, 6.07) is 17.6. The molecule has 2 fully saturated rings. The van der Waals surface area contributed by atoms with Crippen molar-refractivity contribution in [3.63, 3.8) is 0 Å². The van der Waals surface area contributed by atoms with Gasteiger partial charge in [0.1, 0.15) is 5.75 Å². The number of benzene rings is 2. The minimum Gasteiger partial charge on any atom is -0.467 e.